The van der Waals surface area contributed by atoms with Crippen molar-refractivity contribution in [3.63, 3.8) is 0 Å². The van der Waals surface area contributed by atoms with Gasteiger partial charge in [-0.05, 0) is 42.8 Å². The summed E-state index contributed by atoms with van der Waals surface area (Å²) in [7, 11) is 0. The number of aromatic nitrogens is 2. The van der Waals surface area contributed by atoms with E-state index >= 15 is 0 Å². The Morgan fingerprint density at radius 1 is 1.18 bits per heavy atom. The number of hydrogen-bond donors (Lipinski definition) is 2. The highest BCUT2D eigenvalue weighted by Crippen LogP contribution is 2.44. The molecule has 3 aromatic carbocycles. The molecule has 4 aromatic rings. The third kappa shape index (κ3) is 4.99. The Kier molecular flexibility index (Phi) is 6.67. The first-order valence-corrected chi connectivity index (χ1v) is 11.9. The van der Waals surface area contributed by atoms with Crippen molar-refractivity contribution >= 4 is 17.3 Å². The van der Waals surface area contributed by atoms with E-state index in [9.17, 15) is 20.2 Å². The van der Waals surface area contributed by atoms with Crippen LogP contribution in [0.1, 0.15) is 22.7 Å². The summed E-state index contributed by atoms with van der Waals surface area (Å²) >= 11 is 0. The van der Waals surface area contributed by atoms with Gasteiger partial charge < -0.3 is 20.5 Å². The molecule has 0 saturated carbocycles. The van der Waals surface area contributed by atoms with Crippen molar-refractivity contribution < 1.29 is 19.2 Å². The van der Waals surface area contributed by atoms with Crippen LogP contribution in [0.4, 0.5) is 11.4 Å². The number of amides is 1. The van der Waals surface area contributed by atoms with Crippen LogP contribution in [0.15, 0.2) is 90.3 Å². The molecule has 2 heterocycles. The van der Waals surface area contributed by atoms with Crippen LogP contribution in [0.25, 0.3) is 5.69 Å². The lowest BCUT2D eigenvalue weighted by atomic mass is 9.84. The standard InChI is InChI=1S/C28H22N6O5/c1-17-25-26(23(15-29)27(30)39-28(25)33(32-17)20-7-3-2-4-8-20)18-10-12-22(13-11-18)38-16-24(35)31-19-6-5-9-21(14-19)34(36)37/h2-14,26H,16,30H2,1H3,(H,31,35)/t26-/m0/s1. The number of benzene rings is 3. The van der Waals surface area contributed by atoms with Gasteiger partial charge in [0.2, 0.25) is 11.8 Å². The summed E-state index contributed by atoms with van der Waals surface area (Å²) in [6.07, 6.45) is 0. The average molecular weight is 523 g/mol. The number of nitro benzene ring substituents is 1. The number of allylic oxidation sites excluding steroid dienone is 1. The van der Waals surface area contributed by atoms with E-state index < -0.39 is 16.7 Å². The fourth-order valence-electron chi connectivity index (χ4n) is 4.39. The zero-order valence-corrected chi connectivity index (χ0v) is 20.7. The van der Waals surface area contributed by atoms with Crippen molar-refractivity contribution in [2.75, 3.05) is 11.9 Å². The van der Waals surface area contributed by atoms with Crippen LogP contribution in [0, 0.1) is 28.4 Å². The summed E-state index contributed by atoms with van der Waals surface area (Å²) < 4.78 is 13.1. The second kappa shape index (κ2) is 10.4. The van der Waals surface area contributed by atoms with Gasteiger partial charge in [-0.3, -0.25) is 14.9 Å². The molecule has 0 aliphatic carbocycles. The number of nitrogens with two attached hydrogens (primary N) is 1. The molecule has 1 aliphatic rings. The highest BCUT2D eigenvalue weighted by atomic mass is 16.6. The van der Waals surface area contributed by atoms with E-state index in [2.05, 4.69) is 16.5 Å². The van der Waals surface area contributed by atoms with Crippen LogP contribution in [0.3, 0.4) is 0 Å². The molecule has 39 heavy (non-hydrogen) atoms. The van der Waals surface area contributed by atoms with Crippen LogP contribution in [-0.2, 0) is 4.79 Å². The molecular formula is C28H22N6O5. The summed E-state index contributed by atoms with van der Waals surface area (Å²) in [5.74, 6) is -0.113. The van der Waals surface area contributed by atoms with Gasteiger partial charge in [0.1, 0.15) is 17.4 Å². The first kappa shape index (κ1) is 25.0. The van der Waals surface area contributed by atoms with Crippen LogP contribution in [-0.4, -0.2) is 27.2 Å². The minimum Gasteiger partial charge on any atom is -0.484 e. The Hall–Kier alpha value is -5.63. The Bertz CT molecular complexity index is 1640. The fourth-order valence-corrected chi connectivity index (χ4v) is 4.39. The first-order valence-electron chi connectivity index (χ1n) is 11.9. The summed E-state index contributed by atoms with van der Waals surface area (Å²) in [6, 6.07) is 24.2. The number of carbonyl (C=O) groups excluding carboxylic acids is 1. The maximum atomic E-state index is 12.3. The first-order chi connectivity index (χ1) is 18.9. The number of non-ortho nitro benzene ring substituents is 1. The zero-order valence-electron chi connectivity index (χ0n) is 20.7. The molecule has 1 aromatic heterocycles. The van der Waals surface area contributed by atoms with E-state index in [1.165, 1.54) is 18.2 Å². The van der Waals surface area contributed by atoms with E-state index in [0.29, 0.717) is 23.0 Å². The molecule has 0 saturated heterocycles. The van der Waals surface area contributed by atoms with Crippen LogP contribution < -0.4 is 20.5 Å². The Balaban J connectivity index is 1.35. The summed E-state index contributed by atoms with van der Waals surface area (Å²) in [5, 5.41) is 28.1. The predicted molar refractivity (Wildman–Crippen MR) is 141 cm³/mol. The van der Waals surface area contributed by atoms with E-state index in [0.717, 1.165) is 16.8 Å². The highest BCUT2D eigenvalue weighted by molar-refractivity contribution is 5.92. The summed E-state index contributed by atoms with van der Waals surface area (Å²) in [4.78, 5) is 22.7. The summed E-state index contributed by atoms with van der Waals surface area (Å²) in [6.45, 7) is 1.55. The number of hydrogen-bond acceptors (Lipinski definition) is 8. The third-order valence-electron chi connectivity index (χ3n) is 6.16. The number of aryl methyl sites for hydroxylation is 1. The molecule has 0 bridgehead atoms. The number of nitro groups is 1. The molecule has 0 spiro atoms. The van der Waals surface area contributed by atoms with Gasteiger partial charge in [0.05, 0.1) is 27.8 Å². The second-order valence-electron chi connectivity index (χ2n) is 8.69. The molecule has 5 rings (SSSR count). The van der Waals surface area contributed by atoms with E-state index in [1.807, 2.05) is 37.3 Å². The lowest BCUT2D eigenvalue weighted by Crippen LogP contribution is -2.22. The molecule has 3 N–H and O–H groups in total. The molecule has 1 amide bonds. The number of rotatable bonds is 7. The molecule has 0 fully saturated rings. The van der Waals surface area contributed by atoms with Crippen LogP contribution in [0.5, 0.6) is 11.6 Å². The van der Waals surface area contributed by atoms with Gasteiger partial charge >= 0.3 is 0 Å². The largest absolute Gasteiger partial charge is 0.484 e. The minimum atomic E-state index is -0.538. The molecule has 1 atom stereocenters. The second-order valence-corrected chi connectivity index (χ2v) is 8.69. The van der Waals surface area contributed by atoms with Gasteiger partial charge in [-0.25, -0.2) is 4.68 Å². The van der Waals surface area contributed by atoms with Crippen LogP contribution >= 0.6 is 0 Å². The summed E-state index contributed by atoms with van der Waals surface area (Å²) in [5.41, 5.74) is 9.59. The van der Waals surface area contributed by atoms with Crippen molar-refractivity contribution in [1.82, 2.24) is 9.78 Å². The minimum absolute atomic E-state index is 0.00484. The smallest absolute Gasteiger partial charge is 0.271 e. The van der Waals surface area contributed by atoms with E-state index in [4.69, 9.17) is 15.2 Å². The van der Waals surface area contributed by atoms with Gasteiger partial charge in [0.15, 0.2) is 6.61 Å². The number of nitrogens with zero attached hydrogens (tertiary/aromatic N) is 4. The Morgan fingerprint density at radius 3 is 2.62 bits per heavy atom. The lowest BCUT2D eigenvalue weighted by molar-refractivity contribution is -0.384. The fraction of sp³-hybridized carbons (Fsp3) is 0.107. The molecule has 0 radical (unpaired) electrons. The number of para-hydroxylation sites is 1. The number of nitrogens with one attached hydrogen (secondary N) is 1. The molecule has 11 nitrogen and oxygen atoms in total. The van der Waals surface area contributed by atoms with Gasteiger partial charge in [0, 0.05) is 17.8 Å². The highest BCUT2D eigenvalue weighted by Gasteiger charge is 2.36. The molecule has 0 unspecified atom stereocenters. The Morgan fingerprint density at radius 2 is 1.92 bits per heavy atom. The number of fused-ring (bicyclic) bond motifs is 1. The van der Waals surface area contributed by atoms with Crippen molar-refractivity contribution in [2.24, 2.45) is 5.73 Å². The molecule has 1 aliphatic heterocycles. The molecular weight excluding hydrogens is 500 g/mol. The van der Waals surface area contributed by atoms with Crippen molar-refractivity contribution in [2.45, 2.75) is 12.8 Å². The van der Waals surface area contributed by atoms with Gasteiger partial charge in [-0.1, -0.05) is 36.4 Å². The SMILES string of the molecule is Cc1nn(-c2ccccc2)c2c1[C@@H](c1ccc(OCC(=O)Nc3cccc([N+](=O)[O-])c3)cc1)C(C#N)=C(N)O2. The molecule has 11 heteroatoms. The number of anilines is 1. The maximum Gasteiger partial charge on any atom is 0.271 e. The predicted octanol–water partition coefficient (Wildman–Crippen LogP) is 4.32. The number of carbonyl (C=O) groups is 1. The Labute approximate surface area is 222 Å². The van der Waals surface area contributed by atoms with Gasteiger partial charge in [0.25, 0.3) is 11.6 Å². The lowest BCUT2D eigenvalue weighted by Gasteiger charge is -2.25. The van der Waals surface area contributed by atoms with Crippen LogP contribution in [0.2, 0.25) is 0 Å². The van der Waals surface area contributed by atoms with Crippen molar-refractivity contribution in [1.29, 1.82) is 5.26 Å². The number of ether oxygens (including phenoxy) is 2. The maximum absolute atomic E-state index is 12.3. The van der Waals surface area contributed by atoms with E-state index in [1.54, 1.807) is 35.0 Å². The molecule has 194 valence electrons. The van der Waals surface area contributed by atoms with Crippen molar-refractivity contribution in [3.05, 3.63) is 117 Å². The normalized spacial score (nSPS) is 14.1. The monoisotopic (exact) mass is 522 g/mol. The third-order valence-corrected chi connectivity index (χ3v) is 6.16. The van der Waals surface area contributed by atoms with Crippen molar-refractivity contribution in [3.8, 4) is 23.4 Å². The van der Waals surface area contributed by atoms with Gasteiger partial charge in [-0.15, -0.1) is 0 Å². The average Bonchev–Trinajstić information content (AvgIpc) is 3.27. The quantitative estimate of drug-likeness (QED) is 0.268. The zero-order chi connectivity index (χ0) is 27.5. The number of nitriles is 1. The van der Waals surface area contributed by atoms with E-state index in [-0.39, 0.29) is 23.8 Å². The van der Waals surface area contributed by atoms with Gasteiger partial charge in [-0.2, -0.15) is 10.4 Å². The topological polar surface area (TPSA) is 158 Å².